The van der Waals surface area contributed by atoms with Crippen molar-refractivity contribution in [3.05, 3.63) is 30.3 Å². The molecule has 0 heterocycles. The molecule has 0 unspecified atom stereocenters. The van der Waals surface area contributed by atoms with Gasteiger partial charge in [0.1, 0.15) is 0 Å². The summed E-state index contributed by atoms with van der Waals surface area (Å²) in [4.78, 5) is 0. The summed E-state index contributed by atoms with van der Waals surface area (Å²) in [6.07, 6.45) is 14.7. The molecule has 2 fully saturated rings. The van der Waals surface area contributed by atoms with E-state index in [0.29, 0.717) is 0 Å². The number of benzene rings is 1. The minimum atomic E-state index is -2.68. The maximum atomic E-state index is 5.62. The Morgan fingerprint density at radius 2 is 1.15 bits per heavy atom. The van der Waals surface area contributed by atoms with Crippen molar-refractivity contribution in [3.8, 4) is 0 Å². The Morgan fingerprint density at radius 1 is 0.700 bits per heavy atom. The van der Waals surface area contributed by atoms with Gasteiger partial charge in [-0.2, -0.15) is 0 Å². The first kappa shape index (κ1) is 15.4. The van der Waals surface area contributed by atoms with E-state index in [0.717, 1.165) is 7.25 Å². The Hall–Kier alpha value is 0.453. The van der Waals surface area contributed by atoms with Gasteiger partial charge in [0.2, 0.25) is 0 Å². The van der Waals surface area contributed by atoms with Gasteiger partial charge in [-0.1, -0.05) is 0 Å². The van der Waals surface area contributed by atoms with E-state index in [1.54, 1.807) is 3.27 Å². The van der Waals surface area contributed by atoms with Gasteiger partial charge in [-0.3, -0.25) is 0 Å². The summed E-state index contributed by atoms with van der Waals surface area (Å²) in [5.41, 5.74) is 0. The van der Waals surface area contributed by atoms with Crippen molar-refractivity contribution in [2.24, 2.45) is 0 Å². The summed E-state index contributed by atoms with van der Waals surface area (Å²) in [5.74, 6) is 0. The fourth-order valence-corrected chi connectivity index (χ4v) is 29.5. The molecule has 2 heteroatoms. The monoisotopic (exact) mass is 486 g/mol. The Morgan fingerprint density at radius 3 is 1.60 bits per heavy atom. The zero-order valence-corrected chi connectivity index (χ0v) is 17.3. The van der Waals surface area contributed by atoms with Crippen molar-refractivity contribution in [3.63, 3.8) is 0 Å². The van der Waals surface area contributed by atoms with Crippen LogP contribution in [-0.2, 0) is 0 Å². The Labute approximate surface area is 132 Å². The molecule has 2 aliphatic carbocycles. The molecular formula is C18H29BiS. The van der Waals surface area contributed by atoms with E-state index in [1.165, 1.54) is 64.2 Å². The third-order valence-electron chi connectivity index (χ3n) is 5.69. The van der Waals surface area contributed by atoms with Crippen LogP contribution in [0.3, 0.4) is 0 Å². The van der Waals surface area contributed by atoms with Crippen LogP contribution >= 0.6 is 9.39 Å². The molecule has 1 aromatic carbocycles. The number of thiol groups is 1. The second-order valence-electron chi connectivity index (χ2n) is 6.86. The van der Waals surface area contributed by atoms with Gasteiger partial charge in [0, 0.05) is 0 Å². The van der Waals surface area contributed by atoms with Crippen molar-refractivity contribution in [2.75, 3.05) is 0 Å². The first-order valence-electron chi connectivity index (χ1n) is 8.59. The standard InChI is InChI=1S/2C6H11.C6H5.Bi.H2S.H/c3*1-2-4-6-5-3-1;;;/h2*1H,2-6H2;1-5H;;1H2;/q;;;+1;;/p-1. The van der Waals surface area contributed by atoms with Crippen LogP contribution in [0.5, 0.6) is 0 Å². The van der Waals surface area contributed by atoms with Gasteiger partial charge in [-0.25, -0.2) is 0 Å². The SMILES string of the molecule is [SH][BiH]([c]1ccccc1)([CH]1CCCCC1)[CH]1CCCCC1. The predicted molar refractivity (Wildman–Crippen MR) is 95.9 cm³/mol. The average molecular weight is 486 g/mol. The Balaban J connectivity index is 1.92. The molecule has 0 amide bonds. The molecule has 20 heavy (non-hydrogen) atoms. The number of hydrogen-bond acceptors (Lipinski definition) is 1. The summed E-state index contributed by atoms with van der Waals surface area (Å²) >= 11 is -2.68. The molecule has 3 rings (SSSR count). The van der Waals surface area contributed by atoms with Crippen LogP contribution in [0, 0.1) is 0 Å². The van der Waals surface area contributed by atoms with E-state index in [-0.39, 0.29) is 0 Å². The zero-order chi connectivity index (χ0) is 13.8. The fraction of sp³-hybridized carbons (Fsp3) is 0.667. The summed E-state index contributed by atoms with van der Waals surface area (Å²) in [6.45, 7) is 0. The molecule has 112 valence electrons. The molecule has 0 saturated heterocycles. The van der Waals surface area contributed by atoms with Crippen molar-refractivity contribution in [1.82, 2.24) is 0 Å². The van der Waals surface area contributed by atoms with Crippen LogP contribution in [0.25, 0.3) is 0 Å². The minimum absolute atomic E-state index is 1.00. The Kier molecular flexibility index (Phi) is 5.48. The van der Waals surface area contributed by atoms with E-state index >= 15 is 0 Å². The van der Waals surface area contributed by atoms with Crippen LogP contribution in [0.1, 0.15) is 64.2 Å². The first-order chi connectivity index (χ1) is 9.82. The molecular weight excluding hydrogens is 457 g/mol. The van der Waals surface area contributed by atoms with Gasteiger partial charge in [0.25, 0.3) is 0 Å². The molecule has 0 aliphatic heterocycles. The van der Waals surface area contributed by atoms with Crippen LogP contribution in [0.4, 0.5) is 0 Å². The van der Waals surface area contributed by atoms with Gasteiger partial charge in [-0.05, 0) is 0 Å². The molecule has 0 aromatic heterocycles. The van der Waals surface area contributed by atoms with Crippen molar-refractivity contribution < 1.29 is 0 Å². The summed E-state index contributed by atoms with van der Waals surface area (Å²) < 4.78 is 3.72. The van der Waals surface area contributed by atoms with Crippen LogP contribution < -0.4 is 3.27 Å². The zero-order valence-electron chi connectivity index (χ0n) is 12.6. The predicted octanol–water partition coefficient (Wildman–Crippen LogP) is 5.17. The number of rotatable bonds is 3. The molecule has 0 radical (unpaired) electrons. The van der Waals surface area contributed by atoms with Gasteiger partial charge >= 0.3 is 133 Å². The maximum absolute atomic E-state index is 5.62. The third kappa shape index (κ3) is 3.12. The molecule has 0 N–H and O–H groups in total. The van der Waals surface area contributed by atoms with Gasteiger partial charge in [0.15, 0.2) is 0 Å². The Bertz CT molecular complexity index is 387. The first-order valence-corrected chi connectivity index (χ1v) is 20.7. The molecule has 1 aromatic rings. The van der Waals surface area contributed by atoms with E-state index in [2.05, 4.69) is 30.3 Å². The van der Waals surface area contributed by atoms with E-state index in [1.807, 2.05) is 0 Å². The van der Waals surface area contributed by atoms with Crippen LogP contribution in [0.15, 0.2) is 30.3 Å². The van der Waals surface area contributed by atoms with Crippen molar-refractivity contribution in [1.29, 1.82) is 0 Å². The molecule has 0 spiro atoms. The average Bonchev–Trinajstić information content (AvgIpc) is 2.56. The quantitative estimate of drug-likeness (QED) is 0.443. The molecule has 0 nitrogen and oxygen atoms in total. The van der Waals surface area contributed by atoms with E-state index in [4.69, 9.17) is 9.39 Å². The molecule has 0 bridgehead atoms. The molecule has 2 saturated carbocycles. The summed E-state index contributed by atoms with van der Waals surface area (Å²) in [6, 6.07) is 11.5. The van der Waals surface area contributed by atoms with Crippen LogP contribution in [-0.4, -0.2) is 18.8 Å². The molecule has 2 aliphatic rings. The van der Waals surface area contributed by atoms with Gasteiger partial charge in [0.05, 0.1) is 0 Å². The summed E-state index contributed by atoms with van der Waals surface area (Å²) in [7, 11) is 5.62. The van der Waals surface area contributed by atoms with Crippen molar-refractivity contribution >= 4 is 31.5 Å². The molecule has 0 atom stereocenters. The van der Waals surface area contributed by atoms with Gasteiger partial charge < -0.3 is 0 Å². The summed E-state index contributed by atoms with van der Waals surface area (Å²) in [5, 5.41) is 0. The second-order valence-corrected chi connectivity index (χ2v) is 28.4. The topological polar surface area (TPSA) is 0 Å². The van der Waals surface area contributed by atoms with E-state index in [9.17, 15) is 0 Å². The van der Waals surface area contributed by atoms with Crippen LogP contribution in [0.2, 0.25) is 7.25 Å². The fourth-order valence-electron chi connectivity index (χ4n) is 4.60. The van der Waals surface area contributed by atoms with Crippen molar-refractivity contribution in [2.45, 2.75) is 71.5 Å². The normalized spacial score (nSPS) is 23.6. The van der Waals surface area contributed by atoms with Gasteiger partial charge in [-0.15, -0.1) is 0 Å². The third-order valence-corrected chi connectivity index (χ3v) is 33.4. The second kappa shape index (κ2) is 7.14. The number of hydrogen-bond donors (Lipinski definition) is 1. The van der Waals surface area contributed by atoms with E-state index < -0.39 is 18.8 Å².